The van der Waals surface area contributed by atoms with Gasteiger partial charge in [0.1, 0.15) is 0 Å². The van der Waals surface area contributed by atoms with E-state index in [4.69, 9.17) is 0 Å². The summed E-state index contributed by atoms with van der Waals surface area (Å²) in [6.45, 7) is 0.807. The Bertz CT molecular complexity index is 837. The zero-order valence-corrected chi connectivity index (χ0v) is 16.1. The third-order valence-corrected chi connectivity index (χ3v) is 5.22. The quantitative estimate of drug-likeness (QED) is 0.594. The second-order valence-corrected chi connectivity index (χ2v) is 7.45. The van der Waals surface area contributed by atoms with Gasteiger partial charge in [-0.05, 0) is 18.4 Å². The number of nitrogens with zero attached hydrogens (tertiary/aromatic N) is 3. The summed E-state index contributed by atoms with van der Waals surface area (Å²) < 4.78 is 2.09. The maximum Gasteiger partial charge on any atom is 0.234 e. The number of aromatic nitrogens is 3. The smallest absolute Gasteiger partial charge is 0.234 e. The Labute approximate surface area is 161 Å². The predicted molar refractivity (Wildman–Crippen MR) is 110 cm³/mol. The number of nitrogens with one attached hydrogen (secondary N) is 1. The fraction of sp³-hybridized carbons (Fsp3) is 0.211. The highest BCUT2D eigenvalue weighted by Crippen LogP contribution is 2.24. The maximum atomic E-state index is 12.2. The van der Waals surface area contributed by atoms with Crippen molar-refractivity contribution >= 4 is 35.1 Å². The van der Waals surface area contributed by atoms with Crippen molar-refractivity contribution in [3.63, 3.8) is 0 Å². The lowest BCUT2D eigenvalue weighted by Crippen LogP contribution is -2.14. The van der Waals surface area contributed by atoms with Crippen molar-refractivity contribution in [2.24, 2.45) is 0 Å². The number of thioether (sulfide) groups is 2. The van der Waals surface area contributed by atoms with E-state index in [0.29, 0.717) is 5.75 Å². The molecule has 0 aliphatic carbocycles. The first kappa shape index (κ1) is 18.5. The van der Waals surface area contributed by atoms with Crippen LogP contribution in [0.5, 0.6) is 0 Å². The van der Waals surface area contributed by atoms with E-state index >= 15 is 0 Å². The average Bonchev–Trinajstić information content (AvgIpc) is 3.09. The standard InChI is InChI=1S/C19H20N4OS2/c1-25-13-12-23-18(15-8-4-2-5-9-15)21-22-19(23)26-14-17(24)20-16-10-6-3-7-11-16/h2-11H,12-14H2,1H3,(H,20,24). The lowest BCUT2D eigenvalue weighted by atomic mass is 10.2. The molecule has 1 amide bonds. The molecule has 7 heteroatoms. The Balaban J connectivity index is 1.71. The van der Waals surface area contributed by atoms with Gasteiger partial charge in [0.25, 0.3) is 0 Å². The van der Waals surface area contributed by atoms with Gasteiger partial charge in [0, 0.05) is 23.5 Å². The van der Waals surface area contributed by atoms with Crippen LogP contribution in [0.3, 0.4) is 0 Å². The molecule has 0 aliphatic rings. The van der Waals surface area contributed by atoms with Gasteiger partial charge in [-0.15, -0.1) is 10.2 Å². The third-order valence-electron chi connectivity index (χ3n) is 3.66. The first-order valence-electron chi connectivity index (χ1n) is 8.23. The molecule has 1 N–H and O–H groups in total. The van der Waals surface area contributed by atoms with Crippen LogP contribution in [0.4, 0.5) is 5.69 Å². The number of amides is 1. The molecule has 0 unspecified atom stereocenters. The molecule has 0 saturated heterocycles. The average molecular weight is 385 g/mol. The minimum Gasteiger partial charge on any atom is -0.325 e. The molecule has 134 valence electrons. The van der Waals surface area contributed by atoms with Gasteiger partial charge in [0.15, 0.2) is 11.0 Å². The van der Waals surface area contributed by atoms with Gasteiger partial charge in [-0.3, -0.25) is 4.79 Å². The molecule has 3 rings (SSSR count). The van der Waals surface area contributed by atoms with Gasteiger partial charge < -0.3 is 9.88 Å². The number of carbonyl (C=O) groups excluding carboxylic acids is 1. The summed E-state index contributed by atoms with van der Waals surface area (Å²) >= 11 is 3.18. The molecule has 0 bridgehead atoms. The number of hydrogen-bond donors (Lipinski definition) is 1. The van der Waals surface area contributed by atoms with Crippen LogP contribution in [0.25, 0.3) is 11.4 Å². The molecule has 0 spiro atoms. The van der Waals surface area contributed by atoms with Crippen LogP contribution in [0.2, 0.25) is 0 Å². The summed E-state index contributed by atoms with van der Waals surface area (Å²) in [5.41, 5.74) is 1.83. The van der Waals surface area contributed by atoms with Crippen LogP contribution >= 0.6 is 23.5 Å². The Morgan fingerprint density at radius 3 is 2.42 bits per heavy atom. The summed E-state index contributed by atoms with van der Waals surface area (Å²) in [4.78, 5) is 12.2. The molecule has 0 atom stereocenters. The van der Waals surface area contributed by atoms with Gasteiger partial charge in [0.05, 0.1) is 5.75 Å². The fourth-order valence-corrected chi connectivity index (χ4v) is 3.56. The molecular weight excluding hydrogens is 364 g/mol. The number of benzene rings is 2. The highest BCUT2D eigenvalue weighted by Gasteiger charge is 2.15. The van der Waals surface area contributed by atoms with Crippen molar-refractivity contribution in [2.45, 2.75) is 11.7 Å². The Morgan fingerprint density at radius 2 is 1.73 bits per heavy atom. The molecule has 0 aliphatic heterocycles. The Hall–Kier alpha value is -2.25. The zero-order valence-electron chi connectivity index (χ0n) is 14.5. The Kier molecular flexibility index (Phi) is 6.74. The van der Waals surface area contributed by atoms with Crippen molar-refractivity contribution in [1.82, 2.24) is 14.8 Å². The van der Waals surface area contributed by atoms with Crippen LogP contribution in [-0.2, 0) is 11.3 Å². The van der Waals surface area contributed by atoms with Gasteiger partial charge in [-0.1, -0.05) is 60.3 Å². The zero-order chi connectivity index (χ0) is 18.2. The summed E-state index contributed by atoms with van der Waals surface area (Å²) in [6, 6.07) is 19.5. The SMILES string of the molecule is CSCCn1c(SCC(=O)Nc2ccccc2)nnc1-c1ccccc1. The number of hydrogen-bond acceptors (Lipinski definition) is 5. The first-order chi connectivity index (χ1) is 12.8. The molecular formula is C19H20N4OS2. The molecule has 2 aromatic carbocycles. The van der Waals surface area contributed by atoms with Crippen molar-refractivity contribution in [3.05, 3.63) is 60.7 Å². The van der Waals surface area contributed by atoms with E-state index in [1.807, 2.05) is 60.7 Å². The van der Waals surface area contributed by atoms with E-state index in [1.165, 1.54) is 11.8 Å². The topological polar surface area (TPSA) is 59.8 Å². The van der Waals surface area contributed by atoms with Gasteiger partial charge >= 0.3 is 0 Å². The molecule has 1 heterocycles. The number of para-hydroxylation sites is 1. The summed E-state index contributed by atoms with van der Waals surface area (Å²) in [5.74, 6) is 2.04. The third kappa shape index (κ3) is 4.89. The highest BCUT2D eigenvalue weighted by molar-refractivity contribution is 7.99. The van der Waals surface area contributed by atoms with Crippen LogP contribution < -0.4 is 5.32 Å². The highest BCUT2D eigenvalue weighted by atomic mass is 32.2. The maximum absolute atomic E-state index is 12.2. The van der Waals surface area contributed by atoms with Crippen molar-refractivity contribution < 1.29 is 4.79 Å². The minimum atomic E-state index is -0.0538. The number of carbonyl (C=O) groups is 1. The number of rotatable bonds is 8. The lowest BCUT2D eigenvalue weighted by Gasteiger charge is -2.09. The van der Waals surface area contributed by atoms with E-state index in [-0.39, 0.29) is 5.91 Å². The lowest BCUT2D eigenvalue weighted by molar-refractivity contribution is -0.113. The van der Waals surface area contributed by atoms with Crippen molar-refractivity contribution in [1.29, 1.82) is 0 Å². The Morgan fingerprint density at radius 1 is 1.04 bits per heavy atom. The van der Waals surface area contributed by atoms with E-state index in [9.17, 15) is 4.79 Å². The van der Waals surface area contributed by atoms with Crippen LogP contribution in [0.15, 0.2) is 65.8 Å². The molecule has 0 fully saturated rings. The monoisotopic (exact) mass is 384 g/mol. The number of anilines is 1. The normalized spacial score (nSPS) is 10.7. The second kappa shape index (κ2) is 9.45. The molecule has 0 radical (unpaired) electrons. The van der Waals surface area contributed by atoms with Crippen LogP contribution in [0.1, 0.15) is 0 Å². The van der Waals surface area contributed by atoms with Gasteiger partial charge in [-0.2, -0.15) is 11.8 Å². The predicted octanol–water partition coefficient (Wildman–Crippen LogP) is 4.04. The summed E-state index contributed by atoms with van der Waals surface area (Å²) in [6.07, 6.45) is 2.08. The summed E-state index contributed by atoms with van der Waals surface area (Å²) in [7, 11) is 0. The van der Waals surface area contributed by atoms with E-state index < -0.39 is 0 Å². The fourth-order valence-electron chi connectivity index (χ4n) is 2.43. The largest absolute Gasteiger partial charge is 0.325 e. The minimum absolute atomic E-state index is 0.0538. The van der Waals surface area contributed by atoms with E-state index in [1.54, 1.807) is 11.8 Å². The van der Waals surface area contributed by atoms with Gasteiger partial charge in [0.2, 0.25) is 5.91 Å². The second-order valence-electron chi connectivity index (χ2n) is 5.52. The molecule has 26 heavy (non-hydrogen) atoms. The van der Waals surface area contributed by atoms with E-state index in [0.717, 1.165) is 34.5 Å². The van der Waals surface area contributed by atoms with Crippen LogP contribution in [0, 0.1) is 0 Å². The molecule has 1 aromatic heterocycles. The summed E-state index contributed by atoms with van der Waals surface area (Å²) in [5, 5.41) is 12.3. The molecule has 0 saturated carbocycles. The van der Waals surface area contributed by atoms with Gasteiger partial charge in [-0.25, -0.2) is 0 Å². The van der Waals surface area contributed by atoms with E-state index in [2.05, 4.69) is 26.3 Å². The van der Waals surface area contributed by atoms with Crippen LogP contribution in [-0.4, -0.2) is 38.4 Å². The van der Waals surface area contributed by atoms with Crippen molar-refractivity contribution in [3.8, 4) is 11.4 Å². The van der Waals surface area contributed by atoms with Crippen molar-refractivity contribution in [2.75, 3.05) is 23.1 Å². The molecule has 5 nitrogen and oxygen atoms in total. The molecule has 3 aromatic rings. The first-order valence-corrected chi connectivity index (χ1v) is 10.6.